The summed E-state index contributed by atoms with van der Waals surface area (Å²) in [7, 11) is 1.92. The summed E-state index contributed by atoms with van der Waals surface area (Å²) in [5.74, 6) is 0.665. The molecule has 6 nitrogen and oxygen atoms in total. The molecule has 0 bridgehead atoms. The van der Waals surface area contributed by atoms with Gasteiger partial charge in [0.05, 0.1) is 10.9 Å². The molecular formula is C15H10ClN5O. The number of rotatable bonds is 2. The molecule has 0 radical (unpaired) electrons. The van der Waals surface area contributed by atoms with Crippen molar-refractivity contribution >= 4 is 38.9 Å². The summed E-state index contributed by atoms with van der Waals surface area (Å²) in [6.07, 6.45) is 6.75. The number of nitrogens with zero attached hydrogens (tertiary/aromatic N) is 5. The van der Waals surface area contributed by atoms with Gasteiger partial charge in [-0.2, -0.15) is 0 Å². The summed E-state index contributed by atoms with van der Waals surface area (Å²) < 4.78 is 3.68. The van der Waals surface area contributed by atoms with Gasteiger partial charge in [-0.3, -0.25) is 9.36 Å². The topological polar surface area (TPSA) is 65.6 Å². The van der Waals surface area contributed by atoms with Gasteiger partial charge < -0.3 is 4.57 Å². The van der Waals surface area contributed by atoms with Crippen molar-refractivity contribution in [2.24, 2.45) is 7.05 Å². The minimum atomic E-state index is -0.518. The Morgan fingerprint density at radius 2 is 2.00 bits per heavy atom. The first-order chi connectivity index (χ1) is 10.7. The van der Waals surface area contributed by atoms with Gasteiger partial charge in [0.1, 0.15) is 17.6 Å². The van der Waals surface area contributed by atoms with E-state index in [0.717, 1.165) is 11.0 Å². The molecule has 4 heterocycles. The van der Waals surface area contributed by atoms with Gasteiger partial charge in [-0.1, -0.05) is 0 Å². The van der Waals surface area contributed by atoms with E-state index in [1.54, 1.807) is 23.0 Å². The van der Waals surface area contributed by atoms with Crippen molar-refractivity contribution in [1.82, 2.24) is 24.1 Å². The maximum Gasteiger partial charge on any atom is 0.254 e. The van der Waals surface area contributed by atoms with Gasteiger partial charge in [-0.05, 0) is 29.8 Å². The third-order valence-corrected chi connectivity index (χ3v) is 3.85. The standard InChI is InChI=1S/C15H10ClN5O/c1-20-6-4-10-13(20)18-8-19-15(10)21-7-11(12(16)22)9-3-2-5-17-14(9)21/h2-8H,1H3. The average Bonchev–Trinajstić information content (AvgIpc) is 3.09. The minimum Gasteiger partial charge on any atom is -0.335 e. The van der Waals surface area contributed by atoms with Gasteiger partial charge in [0.15, 0.2) is 5.82 Å². The fourth-order valence-electron chi connectivity index (χ4n) is 2.63. The van der Waals surface area contributed by atoms with Gasteiger partial charge >= 0.3 is 0 Å². The molecule has 0 aliphatic carbocycles. The summed E-state index contributed by atoms with van der Waals surface area (Å²) in [5.41, 5.74) is 1.85. The zero-order valence-electron chi connectivity index (χ0n) is 11.6. The van der Waals surface area contributed by atoms with Crippen molar-refractivity contribution in [3.63, 3.8) is 0 Å². The molecule has 0 saturated carbocycles. The molecule has 0 atom stereocenters. The third-order valence-electron chi connectivity index (χ3n) is 3.64. The van der Waals surface area contributed by atoms with Crippen LogP contribution < -0.4 is 0 Å². The van der Waals surface area contributed by atoms with E-state index >= 15 is 0 Å². The Hall–Kier alpha value is -2.73. The average molecular weight is 312 g/mol. The summed E-state index contributed by atoms with van der Waals surface area (Å²) in [5, 5.41) is 1.06. The van der Waals surface area contributed by atoms with E-state index in [1.165, 1.54) is 6.33 Å². The van der Waals surface area contributed by atoms with Crippen LogP contribution in [-0.4, -0.2) is 29.3 Å². The molecule has 4 aromatic heterocycles. The number of carbonyl (C=O) groups is 1. The summed E-state index contributed by atoms with van der Waals surface area (Å²) >= 11 is 5.69. The monoisotopic (exact) mass is 311 g/mol. The largest absolute Gasteiger partial charge is 0.335 e. The Bertz CT molecular complexity index is 1030. The predicted octanol–water partition coefficient (Wildman–Crippen LogP) is 2.69. The Balaban J connectivity index is 2.11. The molecule has 0 aliphatic heterocycles. The van der Waals surface area contributed by atoms with Crippen LogP contribution in [0, 0.1) is 0 Å². The molecule has 0 unspecified atom stereocenters. The summed E-state index contributed by atoms with van der Waals surface area (Å²) in [4.78, 5) is 24.6. The fraction of sp³-hybridized carbons (Fsp3) is 0.0667. The first-order valence-corrected chi connectivity index (χ1v) is 6.97. The highest BCUT2D eigenvalue weighted by Gasteiger charge is 2.17. The van der Waals surface area contributed by atoms with Crippen LogP contribution in [0.25, 0.3) is 27.9 Å². The summed E-state index contributed by atoms with van der Waals surface area (Å²) in [6, 6.07) is 5.52. The van der Waals surface area contributed by atoms with Crippen molar-refractivity contribution in [2.45, 2.75) is 0 Å². The molecule has 4 aromatic rings. The summed E-state index contributed by atoms with van der Waals surface area (Å²) in [6.45, 7) is 0. The van der Waals surface area contributed by atoms with Crippen LogP contribution in [0.3, 0.4) is 0 Å². The lowest BCUT2D eigenvalue weighted by atomic mass is 10.2. The Morgan fingerprint density at radius 1 is 1.14 bits per heavy atom. The number of carbonyl (C=O) groups excluding carboxylic acids is 1. The number of aryl methyl sites for hydroxylation is 1. The Labute approximate surface area is 130 Å². The van der Waals surface area contributed by atoms with Gasteiger partial charge in [0, 0.05) is 31.0 Å². The third kappa shape index (κ3) is 1.74. The van der Waals surface area contributed by atoms with Crippen molar-refractivity contribution in [3.05, 3.63) is 48.7 Å². The Kier molecular flexibility index (Phi) is 2.74. The number of halogens is 1. The number of hydrogen-bond donors (Lipinski definition) is 0. The van der Waals surface area contributed by atoms with Crippen LogP contribution in [0.1, 0.15) is 10.4 Å². The number of hydrogen-bond acceptors (Lipinski definition) is 4. The second-order valence-corrected chi connectivity index (χ2v) is 5.27. The normalized spacial score (nSPS) is 11.4. The van der Waals surface area contributed by atoms with Crippen molar-refractivity contribution in [1.29, 1.82) is 0 Å². The molecule has 108 valence electrons. The van der Waals surface area contributed by atoms with Gasteiger partial charge in [0.2, 0.25) is 0 Å². The molecule has 4 rings (SSSR count). The second kappa shape index (κ2) is 4.64. The maximum atomic E-state index is 11.7. The van der Waals surface area contributed by atoms with Gasteiger partial charge in [-0.25, -0.2) is 15.0 Å². The molecule has 0 spiro atoms. The molecule has 0 aromatic carbocycles. The lowest BCUT2D eigenvalue weighted by Gasteiger charge is -2.05. The maximum absolute atomic E-state index is 11.7. The smallest absolute Gasteiger partial charge is 0.254 e. The lowest BCUT2D eigenvalue weighted by molar-refractivity contribution is 0.108. The molecular weight excluding hydrogens is 302 g/mol. The first-order valence-electron chi connectivity index (χ1n) is 6.59. The van der Waals surface area contributed by atoms with E-state index in [1.807, 2.05) is 29.9 Å². The van der Waals surface area contributed by atoms with Gasteiger partial charge in [0.25, 0.3) is 5.24 Å². The lowest BCUT2D eigenvalue weighted by Crippen LogP contribution is -1.99. The van der Waals surface area contributed by atoms with Crippen LogP contribution in [0.15, 0.2) is 43.1 Å². The van der Waals surface area contributed by atoms with Crippen LogP contribution in [0.5, 0.6) is 0 Å². The number of pyridine rings is 1. The first kappa shape index (κ1) is 13.0. The van der Waals surface area contributed by atoms with E-state index < -0.39 is 5.24 Å². The van der Waals surface area contributed by atoms with Crippen molar-refractivity contribution < 1.29 is 4.79 Å². The number of aromatic nitrogens is 5. The highest BCUT2D eigenvalue weighted by molar-refractivity contribution is 6.68. The van der Waals surface area contributed by atoms with Crippen LogP contribution in [0.2, 0.25) is 0 Å². The molecule has 0 aliphatic rings. The van der Waals surface area contributed by atoms with Crippen molar-refractivity contribution in [2.75, 3.05) is 0 Å². The van der Waals surface area contributed by atoms with E-state index in [9.17, 15) is 4.79 Å². The highest BCUT2D eigenvalue weighted by atomic mass is 35.5. The van der Waals surface area contributed by atoms with E-state index in [2.05, 4.69) is 15.0 Å². The molecule has 7 heteroatoms. The Morgan fingerprint density at radius 3 is 2.82 bits per heavy atom. The van der Waals surface area contributed by atoms with Crippen LogP contribution >= 0.6 is 11.6 Å². The quantitative estimate of drug-likeness (QED) is 0.534. The molecule has 0 N–H and O–H groups in total. The van der Waals surface area contributed by atoms with Crippen molar-refractivity contribution in [3.8, 4) is 5.82 Å². The van der Waals surface area contributed by atoms with E-state index in [0.29, 0.717) is 22.4 Å². The van der Waals surface area contributed by atoms with E-state index in [4.69, 9.17) is 11.6 Å². The minimum absolute atomic E-state index is 0.410. The second-order valence-electron chi connectivity index (χ2n) is 4.92. The fourth-order valence-corrected chi connectivity index (χ4v) is 2.78. The molecule has 0 fully saturated rings. The zero-order chi connectivity index (χ0) is 15.3. The van der Waals surface area contributed by atoms with Crippen LogP contribution in [-0.2, 0) is 7.05 Å². The number of fused-ring (bicyclic) bond motifs is 2. The van der Waals surface area contributed by atoms with Gasteiger partial charge in [-0.15, -0.1) is 0 Å². The van der Waals surface area contributed by atoms with Crippen LogP contribution in [0.4, 0.5) is 0 Å². The van der Waals surface area contributed by atoms with E-state index in [-0.39, 0.29) is 0 Å². The molecule has 22 heavy (non-hydrogen) atoms. The SMILES string of the molecule is Cn1ccc2c(-n3cc(C(=O)Cl)c4cccnc43)ncnc21. The molecule has 0 saturated heterocycles. The predicted molar refractivity (Wildman–Crippen MR) is 83.3 cm³/mol. The highest BCUT2D eigenvalue weighted by Crippen LogP contribution is 2.27. The zero-order valence-corrected chi connectivity index (χ0v) is 12.3. The molecule has 0 amide bonds.